The van der Waals surface area contributed by atoms with E-state index in [9.17, 15) is 9.90 Å². The van der Waals surface area contributed by atoms with Crippen LogP contribution in [-0.4, -0.2) is 5.97 Å². The molecule has 62 valence electrons. The van der Waals surface area contributed by atoms with Crippen LogP contribution in [0.2, 0.25) is 0 Å². The smallest absolute Gasteiger partial charge is 0.177 e. The van der Waals surface area contributed by atoms with Gasteiger partial charge in [-0.3, -0.25) is 0 Å². The van der Waals surface area contributed by atoms with E-state index in [1.807, 2.05) is 25.3 Å². The summed E-state index contributed by atoms with van der Waals surface area (Å²) < 4.78 is 1.66. The molecule has 1 rings (SSSR count). The number of rotatable bonds is 2. The van der Waals surface area contributed by atoms with E-state index < -0.39 is 5.97 Å². The van der Waals surface area contributed by atoms with E-state index in [4.69, 9.17) is 0 Å². The van der Waals surface area contributed by atoms with Crippen molar-refractivity contribution in [1.82, 2.24) is 0 Å². The molecular weight excluding hydrogens is 154 g/mol. The second kappa shape index (κ2) is 3.67. The van der Waals surface area contributed by atoms with E-state index in [0.29, 0.717) is 0 Å². The normalized spacial score (nSPS) is 10.4. The summed E-state index contributed by atoms with van der Waals surface area (Å²) in [7, 11) is 0. The number of aliphatic carboxylic acids is 1. The Hall–Kier alpha value is -1.64. The second-order valence-electron chi connectivity index (χ2n) is 2.46. The Morgan fingerprint density at radius 3 is 3.00 bits per heavy atom. The summed E-state index contributed by atoms with van der Waals surface area (Å²) in [6, 6.07) is 3.78. The molecule has 0 aliphatic rings. The van der Waals surface area contributed by atoms with Crippen LogP contribution in [0, 0.1) is 6.92 Å². The third kappa shape index (κ3) is 2.54. The van der Waals surface area contributed by atoms with E-state index in [0.717, 1.165) is 11.6 Å². The van der Waals surface area contributed by atoms with Crippen LogP contribution in [0.5, 0.6) is 0 Å². The first-order valence-corrected chi connectivity index (χ1v) is 3.55. The molecule has 0 aliphatic carbocycles. The Balaban J connectivity index is 2.83. The molecule has 0 atom stereocenters. The highest BCUT2D eigenvalue weighted by Gasteiger charge is 1.92. The first kappa shape index (κ1) is 8.46. The minimum Gasteiger partial charge on any atom is -0.545 e. The van der Waals surface area contributed by atoms with Crippen LogP contribution in [0.25, 0.3) is 6.20 Å². The molecule has 1 aromatic heterocycles. The van der Waals surface area contributed by atoms with Gasteiger partial charge in [-0.1, -0.05) is 0 Å². The van der Waals surface area contributed by atoms with Gasteiger partial charge in [-0.2, -0.15) is 4.57 Å². The van der Waals surface area contributed by atoms with Crippen molar-refractivity contribution in [2.75, 3.05) is 0 Å². The topological polar surface area (TPSA) is 44.0 Å². The molecule has 0 spiro atoms. The summed E-state index contributed by atoms with van der Waals surface area (Å²) in [6.07, 6.45) is 5.99. The Morgan fingerprint density at radius 1 is 1.67 bits per heavy atom. The van der Waals surface area contributed by atoms with Crippen molar-refractivity contribution < 1.29 is 14.5 Å². The summed E-state index contributed by atoms with van der Waals surface area (Å²) in [5, 5.41) is 10.0. The fraction of sp³-hybridized carbons (Fsp3) is 0.111. The SMILES string of the molecule is Cc1ccc[n+](C=CC(=O)[O-])c1. The number of carbonyl (C=O) groups is 1. The average Bonchev–Trinajstić information content (AvgIpc) is 2.01. The zero-order valence-electron chi connectivity index (χ0n) is 6.73. The highest BCUT2D eigenvalue weighted by atomic mass is 16.4. The maximum atomic E-state index is 10.0. The van der Waals surface area contributed by atoms with Gasteiger partial charge in [0, 0.05) is 17.7 Å². The van der Waals surface area contributed by atoms with Crippen molar-refractivity contribution in [2.24, 2.45) is 0 Å². The number of hydrogen-bond donors (Lipinski definition) is 0. The Bertz CT molecular complexity index is 318. The number of hydrogen-bond acceptors (Lipinski definition) is 2. The van der Waals surface area contributed by atoms with Crippen LogP contribution in [-0.2, 0) is 4.79 Å². The van der Waals surface area contributed by atoms with Crippen LogP contribution in [0.3, 0.4) is 0 Å². The first-order valence-electron chi connectivity index (χ1n) is 3.55. The van der Waals surface area contributed by atoms with Gasteiger partial charge in [-0.05, 0) is 13.0 Å². The van der Waals surface area contributed by atoms with Gasteiger partial charge in [0.2, 0.25) is 0 Å². The molecule has 0 aliphatic heterocycles. The highest BCUT2D eigenvalue weighted by Crippen LogP contribution is 1.88. The lowest BCUT2D eigenvalue weighted by Crippen LogP contribution is -2.27. The van der Waals surface area contributed by atoms with Gasteiger partial charge in [0.15, 0.2) is 18.6 Å². The van der Waals surface area contributed by atoms with Gasteiger partial charge in [0.25, 0.3) is 0 Å². The molecule has 0 N–H and O–H groups in total. The Morgan fingerprint density at radius 2 is 2.42 bits per heavy atom. The maximum Gasteiger partial charge on any atom is 0.177 e. The van der Waals surface area contributed by atoms with Gasteiger partial charge < -0.3 is 9.90 Å². The lowest BCUT2D eigenvalue weighted by Gasteiger charge is -1.90. The van der Waals surface area contributed by atoms with Crippen LogP contribution in [0.4, 0.5) is 0 Å². The first-order chi connectivity index (χ1) is 5.68. The number of carboxylic acids is 1. The largest absolute Gasteiger partial charge is 0.545 e. The van der Waals surface area contributed by atoms with Crippen molar-refractivity contribution >= 4 is 12.2 Å². The fourth-order valence-corrected chi connectivity index (χ4v) is 0.855. The number of nitrogens with zero attached hydrogens (tertiary/aromatic N) is 1. The number of aryl methyl sites for hydroxylation is 1. The van der Waals surface area contributed by atoms with E-state index in [-0.39, 0.29) is 0 Å². The van der Waals surface area contributed by atoms with Crippen molar-refractivity contribution in [3.05, 3.63) is 36.2 Å². The van der Waals surface area contributed by atoms with Crippen molar-refractivity contribution in [2.45, 2.75) is 6.92 Å². The molecule has 0 amide bonds. The van der Waals surface area contributed by atoms with E-state index in [1.54, 1.807) is 10.8 Å². The maximum absolute atomic E-state index is 10.0. The summed E-state index contributed by atoms with van der Waals surface area (Å²) in [6.45, 7) is 1.93. The van der Waals surface area contributed by atoms with E-state index >= 15 is 0 Å². The van der Waals surface area contributed by atoms with E-state index in [2.05, 4.69) is 0 Å². The highest BCUT2D eigenvalue weighted by molar-refractivity contribution is 5.79. The molecule has 0 saturated heterocycles. The second-order valence-corrected chi connectivity index (χ2v) is 2.46. The minimum atomic E-state index is -1.19. The molecule has 1 heterocycles. The van der Waals surface area contributed by atoms with Gasteiger partial charge in [0.05, 0.1) is 5.97 Å². The average molecular weight is 163 g/mol. The van der Waals surface area contributed by atoms with Gasteiger partial charge in [0.1, 0.15) is 0 Å². The summed E-state index contributed by atoms with van der Waals surface area (Å²) >= 11 is 0. The molecule has 0 fully saturated rings. The van der Waals surface area contributed by atoms with Crippen LogP contribution in [0.15, 0.2) is 30.6 Å². The molecular formula is C9H9NO2. The Labute approximate surface area is 70.6 Å². The number of pyridine rings is 1. The van der Waals surface area contributed by atoms with Crippen LogP contribution < -0.4 is 9.67 Å². The van der Waals surface area contributed by atoms with Crippen molar-refractivity contribution in [3.8, 4) is 0 Å². The molecule has 3 heteroatoms. The number of carbonyl (C=O) groups excluding carboxylic acids is 1. The lowest BCUT2D eigenvalue weighted by molar-refractivity contribution is -0.568. The minimum absolute atomic E-state index is 0.986. The van der Waals surface area contributed by atoms with Gasteiger partial charge in [-0.25, -0.2) is 0 Å². The monoisotopic (exact) mass is 163 g/mol. The summed E-state index contributed by atoms with van der Waals surface area (Å²) in [5.74, 6) is -1.19. The predicted octanol–water partition coefficient (Wildman–Crippen LogP) is -0.497. The summed E-state index contributed by atoms with van der Waals surface area (Å²) in [5.41, 5.74) is 1.07. The quantitative estimate of drug-likeness (QED) is 0.436. The zero-order valence-corrected chi connectivity index (χ0v) is 6.73. The molecule has 0 unspecified atom stereocenters. The predicted molar refractivity (Wildman–Crippen MR) is 41.7 cm³/mol. The molecule has 0 radical (unpaired) electrons. The molecule has 3 nitrogen and oxygen atoms in total. The van der Waals surface area contributed by atoms with E-state index in [1.165, 1.54) is 6.20 Å². The van der Waals surface area contributed by atoms with Crippen molar-refractivity contribution in [1.29, 1.82) is 0 Å². The third-order valence-corrected chi connectivity index (χ3v) is 1.35. The standard InChI is InChI=1S/C9H9NO2/c1-8-3-2-5-10(7-8)6-4-9(11)12/h2-7H,1H3. The van der Waals surface area contributed by atoms with Gasteiger partial charge >= 0.3 is 0 Å². The summed E-state index contributed by atoms with van der Waals surface area (Å²) in [4.78, 5) is 10.0. The third-order valence-electron chi connectivity index (χ3n) is 1.35. The lowest BCUT2D eigenvalue weighted by atomic mass is 10.3. The Kier molecular flexibility index (Phi) is 2.58. The molecule has 1 aromatic rings. The number of carboxylic acid groups (broad SMARTS) is 1. The van der Waals surface area contributed by atoms with Gasteiger partial charge in [-0.15, -0.1) is 0 Å². The van der Waals surface area contributed by atoms with Crippen molar-refractivity contribution in [3.63, 3.8) is 0 Å². The zero-order chi connectivity index (χ0) is 8.97. The van der Waals surface area contributed by atoms with Crippen LogP contribution >= 0.6 is 0 Å². The molecule has 0 saturated carbocycles. The number of aromatic nitrogens is 1. The molecule has 12 heavy (non-hydrogen) atoms. The molecule has 0 bridgehead atoms. The fourth-order valence-electron chi connectivity index (χ4n) is 0.855. The van der Waals surface area contributed by atoms with Crippen LogP contribution in [0.1, 0.15) is 5.56 Å². The molecule has 0 aromatic carbocycles.